The summed E-state index contributed by atoms with van der Waals surface area (Å²) >= 11 is 0. The van der Waals surface area contributed by atoms with Gasteiger partial charge in [-0.15, -0.1) is 0 Å². The largest absolute Gasteiger partial charge is 0.239 e. The van der Waals surface area contributed by atoms with Crippen LogP contribution >= 0.6 is 0 Å². The molecule has 0 aliphatic carbocycles. The van der Waals surface area contributed by atoms with Crippen molar-refractivity contribution in [2.75, 3.05) is 0 Å². The highest BCUT2D eigenvalue weighted by Crippen LogP contribution is 2.06. The molecule has 0 saturated carbocycles. The minimum atomic E-state index is -3.68. The van der Waals surface area contributed by atoms with E-state index in [1.165, 1.54) is 0 Å². The lowest BCUT2D eigenvalue weighted by Crippen LogP contribution is -1.98. The Labute approximate surface area is 75.7 Å². The predicted molar refractivity (Wildman–Crippen MR) is 48.2 cm³/mol. The maximum absolute atomic E-state index is 11.0. The number of azide groups is 1. The summed E-state index contributed by atoms with van der Waals surface area (Å²) in [6.07, 6.45) is 0. The molecular formula is C7H7N3O2S. The van der Waals surface area contributed by atoms with Crippen LogP contribution in [0.5, 0.6) is 0 Å². The summed E-state index contributed by atoms with van der Waals surface area (Å²) in [4.78, 5) is 2.24. The van der Waals surface area contributed by atoms with Gasteiger partial charge in [0.2, 0.25) is 10.0 Å². The SMILES string of the molecule is [N-]=[N+]=NS(=O)(=O)Cc1ccccc1. The summed E-state index contributed by atoms with van der Waals surface area (Å²) in [7, 11) is -3.68. The van der Waals surface area contributed by atoms with E-state index in [9.17, 15) is 8.42 Å². The van der Waals surface area contributed by atoms with Crippen molar-refractivity contribution in [3.8, 4) is 0 Å². The number of hydrogen-bond donors (Lipinski definition) is 0. The molecule has 0 saturated heterocycles. The van der Waals surface area contributed by atoms with Gasteiger partial charge in [-0.1, -0.05) is 30.3 Å². The molecule has 6 heteroatoms. The standard InChI is InChI=1S/C7H7N3O2S/c8-9-10-13(11,12)6-7-4-2-1-3-5-7/h1-5H,6H2. The summed E-state index contributed by atoms with van der Waals surface area (Å²) in [5, 5.41) is 0. The molecule has 0 atom stereocenters. The van der Waals surface area contributed by atoms with E-state index in [0.29, 0.717) is 5.56 Å². The second kappa shape index (κ2) is 3.93. The fourth-order valence-corrected chi connectivity index (χ4v) is 1.65. The molecule has 0 fully saturated rings. The first-order valence-corrected chi connectivity index (χ1v) is 5.08. The van der Waals surface area contributed by atoms with Gasteiger partial charge in [-0.3, -0.25) is 0 Å². The van der Waals surface area contributed by atoms with E-state index in [-0.39, 0.29) is 5.75 Å². The van der Waals surface area contributed by atoms with Crippen molar-refractivity contribution >= 4 is 10.0 Å². The van der Waals surface area contributed by atoms with Gasteiger partial charge >= 0.3 is 0 Å². The minimum absolute atomic E-state index is 0.252. The average Bonchev–Trinajstić information content (AvgIpc) is 2.04. The third-order valence-electron chi connectivity index (χ3n) is 1.35. The van der Waals surface area contributed by atoms with E-state index in [1.807, 2.05) is 0 Å². The summed E-state index contributed by atoms with van der Waals surface area (Å²) in [6, 6.07) is 8.54. The zero-order valence-electron chi connectivity index (χ0n) is 6.66. The highest BCUT2D eigenvalue weighted by molar-refractivity contribution is 7.89. The van der Waals surface area contributed by atoms with Crippen LogP contribution in [0.3, 0.4) is 0 Å². The van der Waals surface area contributed by atoms with Crippen molar-refractivity contribution in [2.24, 2.45) is 4.52 Å². The highest BCUT2D eigenvalue weighted by Gasteiger charge is 2.07. The van der Waals surface area contributed by atoms with Gasteiger partial charge in [-0.25, -0.2) is 8.42 Å². The Bertz CT molecular complexity index is 420. The monoisotopic (exact) mass is 197 g/mol. The van der Waals surface area contributed by atoms with Crippen molar-refractivity contribution in [3.63, 3.8) is 0 Å². The Morgan fingerprint density at radius 2 is 1.92 bits per heavy atom. The Morgan fingerprint density at radius 3 is 2.46 bits per heavy atom. The molecule has 0 radical (unpaired) electrons. The van der Waals surface area contributed by atoms with Gasteiger partial charge in [0.25, 0.3) is 0 Å². The van der Waals surface area contributed by atoms with Crippen LogP contribution in [0.1, 0.15) is 5.56 Å². The molecule has 5 nitrogen and oxygen atoms in total. The Kier molecular flexibility index (Phi) is 2.89. The van der Waals surface area contributed by atoms with Gasteiger partial charge in [-0.2, -0.15) is 0 Å². The van der Waals surface area contributed by atoms with E-state index < -0.39 is 10.0 Å². The van der Waals surface area contributed by atoms with Crippen LogP contribution in [0.4, 0.5) is 0 Å². The maximum Gasteiger partial charge on any atom is 0.239 e. The lowest BCUT2D eigenvalue weighted by molar-refractivity contribution is 0.596. The predicted octanol–water partition coefficient (Wildman–Crippen LogP) is 1.83. The first-order chi connectivity index (χ1) is 6.14. The molecule has 0 N–H and O–H groups in total. The molecule has 0 spiro atoms. The quantitative estimate of drug-likeness (QED) is 0.420. The molecule has 1 rings (SSSR count). The molecule has 0 aliphatic heterocycles. The van der Waals surface area contributed by atoms with Crippen molar-refractivity contribution in [3.05, 3.63) is 46.3 Å². The molecule has 0 bridgehead atoms. The van der Waals surface area contributed by atoms with E-state index in [1.54, 1.807) is 30.3 Å². The van der Waals surface area contributed by atoms with Crippen molar-refractivity contribution in [1.29, 1.82) is 0 Å². The van der Waals surface area contributed by atoms with Crippen LogP contribution in [0.25, 0.3) is 10.4 Å². The third-order valence-corrected chi connectivity index (χ3v) is 2.37. The van der Waals surface area contributed by atoms with E-state index in [4.69, 9.17) is 5.53 Å². The molecule has 0 heterocycles. The van der Waals surface area contributed by atoms with Gasteiger partial charge in [0.05, 0.1) is 5.75 Å². The minimum Gasteiger partial charge on any atom is -0.221 e. The van der Waals surface area contributed by atoms with Crippen LogP contribution in [-0.4, -0.2) is 8.42 Å². The average molecular weight is 197 g/mol. The van der Waals surface area contributed by atoms with Crippen molar-refractivity contribution < 1.29 is 8.42 Å². The zero-order chi connectivity index (χ0) is 9.73. The number of sulfonamides is 1. The van der Waals surface area contributed by atoms with Crippen molar-refractivity contribution in [2.45, 2.75) is 5.75 Å². The number of benzene rings is 1. The second-order valence-electron chi connectivity index (χ2n) is 2.38. The van der Waals surface area contributed by atoms with Gasteiger partial charge < -0.3 is 0 Å². The van der Waals surface area contributed by atoms with E-state index >= 15 is 0 Å². The first-order valence-electron chi connectivity index (χ1n) is 3.47. The summed E-state index contributed by atoms with van der Waals surface area (Å²) in [6.45, 7) is 0. The van der Waals surface area contributed by atoms with Gasteiger partial charge in [0.1, 0.15) is 0 Å². The highest BCUT2D eigenvalue weighted by atomic mass is 32.2. The zero-order valence-corrected chi connectivity index (χ0v) is 7.48. The summed E-state index contributed by atoms with van der Waals surface area (Å²) in [5.41, 5.74) is 8.57. The molecule has 1 aromatic carbocycles. The first kappa shape index (κ1) is 9.57. The lowest BCUT2D eigenvalue weighted by atomic mass is 10.2. The molecule has 13 heavy (non-hydrogen) atoms. The Morgan fingerprint density at radius 1 is 1.31 bits per heavy atom. The van der Waals surface area contributed by atoms with Crippen LogP contribution in [0.15, 0.2) is 34.9 Å². The number of rotatable bonds is 3. The summed E-state index contributed by atoms with van der Waals surface area (Å²) < 4.78 is 24.7. The molecule has 0 unspecified atom stereocenters. The maximum atomic E-state index is 11.0. The van der Waals surface area contributed by atoms with Crippen LogP contribution in [-0.2, 0) is 15.8 Å². The Balaban J connectivity index is 2.88. The smallest absolute Gasteiger partial charge is 0.221 e. The fourth-order valence-electron chi connectivity index (χ4n) is 0.869. The van der Waals surface area contributed by atoms with Crippen molar-refractivity contribution in [1.82, 2.24) is 0 Å². The topological polar surface area (TPSA) is 82.9 Å². The van der Waals surface area contributed by atoms with E-state index in [0.717, 1.165) is 0 Å². The molecule has 0 aromatic heterocycles. The fraction of sp³-hybridized carbons (Fsp3) is 0.143. The molecular weight excluding hydrogens is 190 g/mol. The lowest BCUT2D eigenvalue weighted by Gasteiger charge is -1.96. The van der Waals surface area contributed by atoms with Crippen LogP contribution in [0, 0.1) is 0 Å². The Hall–Kier alpha value is -1.52. The molecule has 0 aliphatic rings. The van der Waals surface area contributed by atoms with Gasteiger partial charge in [0.15, 0.2) is 0 Å². The van der Waals surface area contributed by atoms with Crippen LogP contribution in [0.2, 0.25) is 0 Å². The van der Waals surface area contributed by atoms with E-state index in [2.05, 4.69) is 9.43 Å². The molecule has 0 amide bonds. The molecule has 1 aromatic rings. The molecule has 68 valence electrons. The normalized spacial score (nSPS) is 10.5. The summed E-state index contributed by atoms with van der Waals surface area (Å²) in [5.74, 6) is -0.252. The third kappa shape index (κ3) is 3.14. The van der Waals surface area contributed by atoms with Crippen LogP contribution < -0.4 is 0 Å². The van der Waals surface area contributed by atoms with Gasteiger partial charge in [-0.05, 0) is 11.1 Å². The second-order valence-corrected chi connectivity index (χ2v) is 4.00. The number of hydrogen-bond acceptors (Lipinski definition) is 2. The number of nitrogens with zero attached hydrogens (tertiary/aromatic N) is 3. The van der Waals surface area contributed by atoms with Gasteiger partial charge in [0, 0.05) is 9.43 Å².